The van der Waals surface area contributed by atoms with Gasteiger partial charge in [-0.05, 0) is 56.4 Å². The zero-order valence-electron chi connectivity index (χ0n) is 18.9. The van der Waals surface area contributed by atoms with Crippen LogP contribution in [0.15, 0.2) is 48.5 Å². The van der Waals surface area contributed by atoms with Gasteiger partial charge < -0.3 is 15.0 Å². The van der Waals surface area contributed by atoms with Crippen molar-refractivity contribution in [2.45, 2.75) is 71.5 Å². The highest BCUT2D eigenvalue weighted by Crippen LogP contribution is 2.19. The van der Waals surface area contributed by atoms with E-state index in [0.29, 0.717) is 12.3 Å². The molecule has 1 saturated carbocycles. The Balaban J connectivity index is 1.69. The zero-order valence-corrected chi connectivity index (χ0v) is 18.9. The van der Waals surface area contributed by atoms with Crippen molar-refractivity contribution >= 4 is 11.8 Å². The summed E-state index contributed by atoms with van der Waals surface area (Å²) in [4.78, 5) is 27.7. The van der Waals surface area contributed by atoms with Crippen molar-refractivity contribution in [3.05, 3.63) is 65.2 Å². The number of ether oxygens (including phenoxy) is 1. The highest BCUT2D eigenvalue weighted by atomic mass is 16.5. The maximum atomic E-state index is 13.1. The maximum Gasteiger partial charge on any atom is 0.261 e. The Morgan fingerprint density at radius 2 is 1.81 bits per heavy atom. The molecule has 1 N–H and O–H groups in total. The van der Waals surface area contributed by atoms with E-state index in [1.165, 1.54) is 5.56 Å². The quantitative estimate of drug-likeness (QED) is 0.651. The topological polar surface area (TPSA) is 58.6 Å². The minimum absolute atomic E-state index is 0.0970. The van der Waals surface area contributed by atoms with Crippen molar-refractivity contribution in [3.63, 3.8) is 0 Å². The van der Waals surface area contributed by atoms with Gasteiger partial charge >= 0.3 is 0 Å². The lowest BCUT2D eigenvalue weighted by Gasteiger charge is -2.29. The number of hydrogen-bond donors (Lipinski definition) is 1. The van der Waals surface area contributed by atoms with E-state index < -0.39 is 6.04 Å². The van der Waals surface area contributed by atoms with Crippen LogP contribution < -0.4 is 10.1 Å². The van der Waals surface area contributed by atoms with Gasteiger partial charge in [-0.25, -0.2) is 0 Å². The van der Waals surface area contributed by atoms with Crippen LogP contribution in [0.4, 0.5) is 0 Å². The van der Waals surface area contributed by atoms with Crippen LogP contribution >= 0.6 is 0 Å². The predicted molar refractivity (Wildman–Crippen MR) is 123 cm³/mol. The molecule has 1 fully saturated rings. The normalized spacial score (nSPS) is 14.8. The second-order valence-corrected chi connectivity index (χ2v) is 8.46. The van der Waals surface area contributed by atoms with Crippen LogP contribution in [0.5, 0.6) is 5.75 Å². The van der Waals surface area contributed by atoms with Gasteiger partial charge in [-0.15, -0.1) is 0 Å². The van der Waals surface area contributed by atoms with Crippen LogP contribution in [0.1, 0.15) is 56.2 Å². The molecule has 0 saturated heterocycles. The number of carbonyl (C=O) groups is 2. The summed E-state index contributed by atoms with van der Waals surface area (Å²) in [5.41, 5.74) is 3.35. The minimum atomic E-state index is -0.570. The Bertz CT molecular complexity index is 872. The molecule has 0 spiro atoms. The number of nitrogens with one attached hydrogen (secondary N) is 1. The molecule has 5 nitrogen and oxygen atoms in total. The van der Waals surface area contributed by atoms with Crippen molar-refractivity contribution in [2.24, 2.45) is 0 Å². The maximum absolute atomic E-state index is 13.1. The third-order valence-electron chi connectivity index (χ3n) is 6.00. The van der Waals surface area contributed by atoms with Crippen LogP contribution in [0.2, 0.25) is 0 Å². The smallest absolute Gasteiger partial charge is 0.261 e. The van der Waals surface area contributed by atoms with Crippen molar-refractivity contribution in [1.82, 2.24) is 10.2 Å². The minimum Gasteiger partial charge on any atom is -0.484 e. The summed E-state index contributed by atoms with van der Waals surface area (Å²) in [6.07, 6.45) is 5.28. The summed E-state index contributed by atoms with van der Waals surface area (Å²) in [6.45, 7) is 6.19. The number of nitrogens with zero attached hydrogens (tertiary/aromatic N) is 1. The van der Waals surface area contributed by atoms with E-state index in [2.05, 4.69) is 12.2 Å². The van der Waals surface area contributed by atoms with Gasteiger partial charge in [-0.2, -0.15) is 0 Å². The Kier molecular flexibility index (Phi) is 8.10. The van der Waals surface area contributed by atoms with Crippen molar-refractivity contribution in [1.29, 1.82) is 0 Å². The van der Waals surface area contributed by atoms with E-state index in [-0.39, 0.29) is 24.5 Å². The summed E-state index contributed by atoms with van der Waals surface area (Å²) in [5.74, 6) is 0.361. The molecule has 2 aromatic rings. The molecule has 0 heterocycles. The third kappa shape index (κ3) is 6.58. The Morgan fingerprint density at radius 3 is 2.45 bits per heavy atom. The Morgan fingerprint density at radius 1 is 1.10 bits per heavy atom. The molecule has 31 heavy (non-hydrogen) atoms. The van der Waals surface area contributed by atoms with Crippen molar-refractivity contribution in [3.8, 4) is 5.75 Å². The number of benzene rings is 2. The van der Waals surface area contributed by atoms with Gasteiger partial charge in [0.05, 0.1) is 0 Å². The molecule has 1 atom stereocenters. The van der Waals surface area contributed by atoms with Crippen LogP contribution in [0.3, 0.4) is 0 Å². The summed E-state index contributed by atoms with van der Waals surface area (Å²) in [5, 5.41) is 3.12. The predicted octanol–water partition coefficient (Wildman–Crippen LogP) is 4.41. The van der Waals surface area contributed by atoms with Crippen LogP contribution in [0.25, 0.3) is 0 Å². The van der Waals surface area contributed by atoms with Crippen molar-refractivity contribution < 1.29 is 14.3 Å². The molecule has 0 aromatic heterocycles. The second kappa shape index (κ2) is 11.0. The fourth-order valence-corrected chi connectivity index (χ4v) is 4.03. The molecule has 2 aromatic carbocycles. The lowest BCUT2D eigenvalue weighted by atomic mass is 10.1. The first-order chi connectivity index (χ1) is 15.0. The monoisotopic (exact) mass is 422 g/mol. The first-order valence-electron chi connectivity index (χ1n) is 11.3. The van der Waals surface area contributed by atoms with E-state index in [4.69, 9.17) is 4.74 Å². The van der Waals surface area contributed by atoms with Gasteiger partial charge in [-0.3, -0.25) is 9.59 Å². The average molecular weight is 423 g/mol. The number of hydrogen-bond acceptors (Lipinski definition) is 3. The average Bonchev–Trinajstić information content (AvgIpc) is 3.28. The second-order valence-electron chi connectivity index (χ2n) is 8.46. The number of carbonyl (C=O) groups excluding carboxylic acids is 2. The van der Waals surface area contributed by atoms with E-state index in [9.17, 15) is 9.59 Å². The fourth-order valence-electron chi connectivity index (χ4n) is 4.03. The number of amides is 2. The number of aryl methyl sites for hydroxylation is 2. The molecular weight excluding hydrogens is 388 g/mol. The van der Waals surface area contributed by atoms with Crippen LogP contribution in [-0.4, -0.2) is 35.4 Å². The van der Waals surface area contributed by atoms with E-state index in [1.54, 1.807) is 11.8 Å². The van der Waals surface area contributed by atoms with E-state index in [1.807, 2.05) is 55.5 Å². The Labute approximate surface area is 185 Å². The third-order valence-corrected chi connectivity index (χ3v) is 6.00. The summed E-state index contributed by atoms with van der Waals surface area (Å²) >= 11 is 0. The molecule has 1 aliphatic rings. The first-order valence-corrected chi connectivity index (χ1v) is 11.3. The van der Waals surface area contributed by atoms with Crippen LogP contribution in [-0.2, 0) is 22.6 Å². The lowest BCUT2D eigenvalue weighted by Crippen LogP contribution is -2.50. The molecule has 2 amide bonds. The number of rotatable bonds is 9. The molecule has 0 aliphatic heterocycles. The van der Waals surface area contributed by atoms with Gasteiger partial charge in [0.2, 0.25) is 5.91 Å². The fraction of sp³-hybridized carbons (Fsp3) is 0.462. The van der Waals surface area contributed by atoms with Crippen molar-refractivity contribution in [2.75, 3.05) is 6.61 Å². The lowest BCUT2D eigenvalue weighted by molar-refractivity contribution is -0.142. The standard InChI is InChI=1S/C26H34N2O3/c1-4-21-12-14-24(15-13-21)31-18-25(29)28(17-22-9-7-8-19(2)16-22)20(3)26(30)27-23-10-5-6-11-23/h7-9,12-16,20,23H,4-6,10-11,17-18H2,1-3H3,(H,27,30)/t20-/m0/s1. The molecule has 1 aliphatic carbocycles. The molecule has 0 radical (unpaired) electrons. The van der Waals surface area contributed by atoms with Gasteiger partial charge in [-0.1, -0.05) is 61.7 Å². The highest BCUT2D eigenvalue weighted by Gasteiger charge is 2.28. The van der Waals surface area contributed by atoms with Gasteiger partial charge in [0, 0.05) is 12.6 Å². The highest BCUT2D eigenvalue weighted by molar-refractivity contribution is 5.88. The van der Waals surface area contributed by atoms with Gasteiger partial charge in [0.15, 0.2) is 6.61 Å². The molecule has 3 rings (SSSR count). The van der Waals surface area contributed by atoms with Crippen LogP contribution in [0, 0.1) is 6.92 Å². The van der Waals surface area contributed by atoms with Gasteiger partial charge in [0.1, 0.15) is 11.8 Å². The molecule has 5 heteroatoms. The summed E-state index contributed by atoms with van der Waals surface area (Å²) < 4.78 is 5.75. The zero-order chi connectivity index (χ0) is 22.2. The van der Waals surface area contributed by atoms with Gasteiger partial charge in [0.25, 0.3) is 5.91 Å². The van der Waals surface area contributed by atoms with E-state index >= 15 is 0 Å². The Hall–Kier alpha value is -2.82. The first kappa shape index (κ1) is 22.9. The summed E-state index contributed by atoms with van der Waals surface area (Å²) in [7, 11) is 0. The largest absolute Gasteiger partial charge is 0.484 e. The molecule has 0 bridgehead atoms. The van der Waals surface area contributed by atoms with E-state index in [0.717, 1.165) is 43.2 Å². The molecule has 166 valence electrons. The molecule has 0 unspecified atom stereocenters. The SMILES string of the molecule is CCc1ccc(OCC(=O)N(Cc2cccc(C)c2)[C@@H](C)C(=O)NC2CCCC2)cc1. The molecular formula is C26H34N2O3. The summed E-state index contributed by atoms with van der Waals surface area (Å²) in [6, 6.07) is 15.5.